The van der Waals surface area contributed by atoms with Gasteiger partial charge in [0.25, 0.3) is 0 Å². The highest BCUT2D eigenvalue weighted by molar-refractivity contribution is 5.83. The van der Waals surface area contributed by atoms with Crippen LogP contribution in [-0.2, 0) is 11.3 Å². The first-order chi connectivity index (χ1) is 15.2. The molecule has 0 spiro atoms. The Balaban J connectivity index is 1.21. The zero-order valence-corrected chi connectivity index (χ0v) is 19.4. The smallest absolute Gasteiger partial charge is 0.0594 e. The van der Waals surface area contributed by atoms with Crippen LogP contribution in [0.2, 0.25) is 0 Å². The van der Waals surface area contributed by atoms with Gasteiger partial charge < -0.3 is 9.72 Å². The first kappa shape index (κ1) is 21.4. The molecule has 0 radical (unpaired) electrons. The van der Waals surface area contributed by atoms with Crippen molar-refractivity contribution < 1.29 is 4.74 Å². The average Bonchev–Trinajstić information content (AvgIpc) is 3.22. The standard InChI is InChI=1S/C25H39N5O/c1-19(2)29-9-11-30(12-10-29)22-5-3-20(4-6-22)25-23-17-21(27-24(23)7-8-26-25)18-28-13-15-31-16-14-28/h7-8,17,19-20,22,27H,3-6,9-16,18H2,1-2H3/t20-,22-. The van der Waals surface area contributed by atoms with Crippen LogP contribution >= 0.6 is 0 Å². The molecule has 0 aromatic carbocycles. The maximum absolute atomic E-state index is 5.50. The fraction of sp³-hybridized carbons (Fsp3) is 0.720. The van der Waals surface area contributed by atoms with Crippen molar-refractivity contribution in [3.8, 4) is 0 Å². The molecule has 0 bridgehead atoms. The van der Waals surface area contributed by atoms with Gasteiger partial charge in [0, 0.05) is 86.6 Å². The second-order valence-electron chi connectivity index (χ2n) is 10.0. The molecule has 1 saturated carbocycles. The van der Waals surface area contributed by atoms with Crippen LogP contribution in [0.1, 0.15) is 56.8 Å². The van der Waals surface area contributed by atoms with Crippen LogP contribution in [0.5, 0.6) is 0 Å². The van der Waals surface area contributed by atoms with Gasteiger partial charge in [-0.2, -0.15) is 0 Å². The van der Waals surface area contributed by atoms with Gasteiger partial charge in [0.15, 0.2) is 0 Å². The molecule has 5 rings (SSSR count). The number of H-pyrrole nitrogens is 1. The van der Waals surface area contributed by atoms with E-state index < -0.39 is 0 Å². The Morgan fingerprint density at radius 1 is 1.03 bits per heavy atom. The lowest BCUT2D eigenvalue weighted by Crippen LogP contribution is -2.52. The van der Waals surface area contributed by atoms with Crippen LogP contribution < -0.4 is 0 Å². The maximum atomic E-state index is 5.50. The number of rotatable bonds is 5. The van der Waals surface area contributed by atoms with Crippen LogP contribution in [0.4, 0.5) is 0 Å². The minimum atomic E-state index is 0.601. The Kier molecular flexibility index (Phi) is 6.60. The number of pyridine rings is 1. The summed E-state index contributed by atoms with van der Waals surface area (Å²) in [5.74, 6) is 0.601. The molecule has 1 aliphatic carbocycles. The molecule has 31 heavy (non-hydrogen) atoms. The molecule has 170 valence electrons. The van der Waals surface area contributed by atoms with E-state index in [1.807, 2.05) is 6.20 Å². The van der Waals surface area contributed by atoms with Crippen molar-refractivity contribution in [3.05, 3.63) is 29.7 Å². The highest BCUT2D eigenvalue weighted by Gasteiger charge is 2.30. The zero-order chi connectivity index (χ0) is 21.2. The van der Waals surface area contributed by atoms with Gasteiger partial charge in [-0.3, -0.25) is 19.7 Å². The van der Waals surface area contributed by atoms with Crippen LogP contribution in [0.3, 0.4) is 0 Å². The highest BCUT2D eigenvalue weighted by atomic mass is 16.5. The lowest BCUT2D eigenvalue weighted by Gasteiger charge is -2.43. The summed E-state index contributed by atoms with van der Waals surface area (Å²) in [4.78, 5) is 16.4. The second-order valence-corrected chi connectivity index (χ2v) is 10.0. The van der Waals surface area contributed by atoms with Crippen molar-refractivity contribution in [3.63, 3.8) is 0 Å². The molecule has 3 fully saturated rings. The molecular weight excluding hydrogens is 386 g/mol. The fourth-order valence-electron chi connectivity index (χ4n) is 5.88. The van der Waals surface area contributed by atoms with E-state index in [9.17, 15) is 0 Å². The lowest BCUT2D eigenvalue weighted by molar-refractivity contribution is 0.0337. The highest BCUT2D eigenvalue weighted by Crippen LogP contribution is 2.37. The first-order valence-corrected chi connectivity index (χ1v) is 12.4. The van der Waals surface area contributed by atoms with Crippen molar-refractivity contribution in [2.45, 2.75) is 64.1 Å². The van der Waals surface area contributed by atoms with E-state index in [0.717, 1.165) is 38.9 Å². The third-order valence-corrected chi connectivity index (χ3v) is 7.81. The quantitative estimate of drug-likeness (QED) is 0.795. The average molecular weight is 426 g/mol. The Hall–Kier alpha value is -1.47. The summed E-state index contributed by atoms with van der Waals surface area (Å²) in [5.41, 5.74) is 3.88. The molecule has 3 aliphatic rings. The number of ether oxygens (including phenoxy) is 1. The summed E-state index contributed by atoms with van der Waals surface area (Å²) >= 11 is 0. The summed E-state index contributed by atoms with van der Waals surface area (Å²) in [5, 5.41) is 1.35. The van der Waals surface area contributed by atoms with E-state index in [1.54, 1.807) is 0 Å². The number of nitrogens with zero attached hydrogens (tertiary/aromatic N) is 4. The number of hydrogen-bond acceptors (Lipinski definition) is 5. The number of aromatic amines is 1. The van der Waals surface area contributed by atoms with Crippen molar-refractivity contribution >= 4 is 10.9 Å². The largest absolute Gasteiger partial charge is 0.379 e. The molecule has 0 unspecified atom stereocenters. The minimum absolute atomic E-state index is 0.601. The van der Waals surface area contributed by atoms with Crippen LogP contribution in [0.15, 0.2) is 18.3 Å². The molecular formula is C25H39N5O. The van der Waals surface area contributed by atoms with Gasteiger partial charge in [0.1, 0.15) is 0 Å². The van der Waals surface area contributed by atoms with E-state index in [4.69, 9.17) is 9.72 Å². The molecule has 2 aromatic rings. The lowest BCUT2D eigenvalue weighted by atomic mass is 9.82. The fourth-order valence-corrected chi connectivity index (χ4v) is 5.88. The van der Waals surface area contributed by atoms with Gasteiger partial charge >= 0.3 is 0 Å². The number of nitrogens with one attached hydrogen (secondary N) is 1. The normalized spacial score (nSPS) is 27.3. The number of piperazine rings is 1. The van der Waals surface area contributed by atoms with Crippen LogP contribution in [0.25, 0.3) is 10.9 Å². The van der Waals surface area contributed by atoms with Gasteiger partial charge in [-0.25, -0.2) is 0 Å². The zero-order valence-electron chi connectivity index (χ0n) is 19.4. The Morgan fingerprint density at radius 2 is 1.77 bits per heavy atom. The van der Waals surface area contributed by atoms with Gasteiger partial charge in [0.05, 0.1) is 18.9 Å². The Bertz CT molecular complexity index is 843. The molecule has 4 heterocycles. The maximum Gasteiger partial charge on any atom is 0.0594 e. The molecule has 1 N–H and O–H groups in total. The molecule has 2 aliphatic heterocycles. The van der Waals surface area contributed by atoms with Crippen LogP contribution in [-0.4, -0.2) is 89.2 Å². The number of morpholine rings is 1. The van der Waals surface area contributed by atoms with Crippen LogP contribution in [0, 0.1) is 0 Å². The van der Waals surface area contributed by atoms with Crippen molar-refractivity contribution in [2.24, 2.45) is 0 Å². The van der Waals surface area contributed by atoms with E-state index in [-0.39, 0.29) is 0 Å². The second kappa shape index (κ2) is 9.57. The summed E-state index contributed by atoms with van der Waals surface area (Å²) < 4.78 is 5.50. The predicted octanol–water partition coefficient (Wildman–Crippen LogP) is 3.45. The number of aromatic nitrogens is 2. The molecule has 6 heteroatoms. The summed E-state index contributed by atoms with van der Waals surface area (Å²) in [6.07, 6.45) is 7.17. The van der Waals surface area contributed by atoms with Gasteiger partial charge in [-0.15, -0.1) is 0 Å². The number of fused-ring (bicyclic) bond motifs is 1. The van der Waals surface area contributed by atoms with Crippen molar-refractivity contribution in [1.29, 1.82) is 0 Å². The molecule has 0 atom stereocenters. The third kappa shape index (κ3) is 4.82. The summed E-state index contributed by atoms with van der Waals surface area (Å²) in [7, 11) is 0. The molecule has 6 nitrogen and oxygen atoms in total. The minimum Gasteiger partial charge on any atom is -0.379 e. The predicted molar refractivity (Wildman–Crippen MR) is 125 cm³/mol. The number of hydrogen-bond donors (Lipinski definition) is 1. The van der Waals surface area contributed by atoms with Gasteiger partial charge in [-0.05, 0) is 51.7 Å². The Labute approximate surface area is 186 Å². The molecule has 0 amide bonds. The summed E-state index contributed by atoms with van der Waals surface area (Å²) in [6.45, 7) is 14.3. The van der Waals surface area contributed by atoms with E-state index in [0.29, 0.717) is 12.0 Å². The van der Waals surface area contributed by atoms with Gasteiger partial charge in [-0.1, -0.05) is 0 Å². The molecule has 2 saturated heterocycles. The van der Waals surface area contributed by atoms with E-state index in [1.165, 1.54) is 74.2 Å². The molecule has 2 aromatic heterocycles. The third-order valence-electron chi connectivity index (χ3n) is 7.81. The monoisotopic (exact) mass is 425 g/mol. The van der Waals surface area contributed by atoms with E-state index in [2.05, 4.69) is 45.7 Å². The van der Waals surface area contributed by atoms with Crippen molar-refractivity contribution in [2.75, 3.05) is 52.5 Å². The topological polar surface area (TPSA) is 47.6 Å². The van der Waals surface area contributed by atoms with E-state index >= 15 is 0 Å². The summed E-state index contributed by atoms with van der Waals surface area (Å²) in [6, 6.07) is 5.96. The SMILES string of the molecule is CC(C)N1CCN([C@H]2CC[C@H](c3nccc4[nH]c(CN5CCOCC5)cc43)CC2)CC1. The van der Waals surface area contributed by atoms with Crippen molar-refractivity contribution in [1.82, 2.24) is 24.7 Å². The first-order valence-electron chi connectivity index (χ1n) is 12.4. The Morgan fingerprint density at radius 3 is 2.48 bits per heavy atom. The van der Waals surface area contributed by atoms with Gasteiger partial charge in [0.2, 0.25) is 0 Å².